The van der Waals surface area contributed by atoms with Crippen molar-refractivity contribution in [3.63, 3.8) is 0 Å². The van der Waals surface area contributed by atoms with Crippen molar-refractivity contribution in [2.24, 2.45) is 23.2 Å². The minimum Gasteiger partial charge on any atom is -0.481 e. The highest BCUT2D eigenvalue weighted by Gasteiger charge is 2.35. The molecule has 0 heterocycles. The lowest BCUT2D eigenvalue weighted by Gasteiger charge is -2.30. The average Bonchev–Trinajstić information content (AvgIpc) is 2.34. The van der Waals surface area contributed by atoms with Gasteiger partial charge in [0.15, 0.2) is 0 Å². The van der Waals surface area contributed by atoms with Crippen LogP contribution in [0.25, 0.3) is 0 Å². The molecule has 1 aliphatic rings. The van der Waals surface area contributed by atoms with Gasteiger partial charge in [-0.15, -0.1) is 0 Å². The van der Waals surface area contributed by atoms with Crippen molar-refractivity contribution in [3.05, 3.63) is 0 Å². The van der Waals surface area contributed by atoms with Gasteiger partial charge in [0.2, 0.25) is 5.91 Å². The zero-order valence-electron chi connectivity index (χ0n) is 12.5. The molecular formula is C15H27NO3. The fourth-order valence-corrected chi connectivity index (χ4v) is 2.43. The van der Waals surface area contributed by atoms with Gasteiger partial charge in [0, 0.05) is 6.54 Å². The number of carboxylic acid groups (broad SMARTS) is 1. The number of hydrogen-bond acceptors (Lipinski definition) is 2. The lowest BCUT2D eigenvalue weighted by molar-refractivity contribution is -0.149. The maximum atomic E-state index is 12.2. The number of amides is 1. The topological polar surface area (TPSA) is 66.4 Å². The highest BCUT2D eigenvalue weighted by atomic mass is 16.4. The third-order valence-electron chi connectivity index (χ3n) is 4.48. The number of carbonyl (C=O) groups is 2. The Bertz CT molecular complexity index is 333. The fraction of sp³-hybridized carbons (Fsp3) is 0.867. The minimum atomic E-state index is -0.830. The third-order valence-corrected chi connectivity index (χ3v) is 4.48. The van der Waals surface area contributed by atoms with Crippen LogP contribution in [0.3, 0.4) is 0 Å². The maximum Gasteiger partial charge on any atom is 0.307 e. The van der Waals surface area contributed by atoms with Gasteiger partial charge in [-0.2, -0.15) is 0 Å². The van der Waals surface area contributed by atoms with Crippen molar-refractivity contribution in [2.45, 2.75) is 53.4 Å². The van der Waals surface area contributed by atoms with Gasteiger partial charge in [0.05, 0.1) is 11.8 Å². The van der Waals surface area contributed by atoms with E-state index >= 15 is 0 Å². The van der Waals surface area contributed by atoms with E-state index < -0.39 is 11.9 Å². The predicted molar refractivity (Wildman–Crippen MR) is 74.7 cm³/mol. The molecule has 0 aromatic heterocycles. The first kappa shape index (κ1) is 16.0. The molecule has 0 radical (unpaired) electrons. The zero-order chi connectivity index (χ0) is 14.6. The van der Waals surface area contributed by atoms with Gasteiger partial charge < -0.3 is 10.4 Å². The summed E-state index contributed by atoms with van der Waals surface area (Å²) in [6, 6.07) is 0. The molecule has 1 fully saturated rings. The summed E-state index contributed by atoms with van der Waals surface area (Å²) < 4.78 is 0. The molecule has 0 spiro atoms. The van der Waals surface area contributed by atoms with Crippen molar-refractivity contribution in [1.82, 2.24) is 5.32 Å². The van der Waals surface area contributed by atoms with Crippen LogP contribution in [0.5, 0.6) is 0 Å². The Morgan fingerprint density at radius 1 is 1.21 bits per heavy atom. The van der Waals surface area contributed by atoms with Crippen molar-refractivity contribution in [3.8, 4) is 0 Å². The molecule has 1 aliphatic carbocycles. The zero-order valence-corrected chi connectivity index (χ0v) is 12.5. The lowest BCUT2D eigenvalue weighted by atomic mass is 9.78. The molecule has 1 amide bonds. The van der Waals surface area contributed by atoms with Crippen LogP contribution in [0.4, 0.5) is 0 Å². The van der Waals surface area contributed by atoms with Crippen LogP contribution >= 0.6 is 0 Å². The summed E-state index contributed by atoms with van der Waals surface area (Å²) in [6.45, 7) is 9.15. The average molecular weight is 269 g/mol. The van der Waals surface area contributed by atoms with E-state index in [4.69, 9.17) is 0 Å². The van der Waals surface area contributed by atoms with Crippen LogP contribution in [0.1, 0.15) is 53.4 Å². The molecule has 0 aromatic rings. The van der Waals surface area contributed by atoms with E-state index in [1.165, 1.54) is 0 Å². The molecule has 2 N–H and O–H groups in total. The number of carboxylic acids is 1. The fourth-order valence-electron chi connectivity index (χ4n) is 2.43. The Balaban J connectivity index is 2.54. The van der Waals surface area contributed by atoms with Crippen LogP contribution in [0.15, 0.2) is 0 Å². The van der Waals surface area contributed by atoms with Gasteiger partial charge in [-0.25, -0.2) is 0 Å². The minimum absolute atomic E-state index is 0.0804. The van der Waals surface area contributed by atoms with E-state index in [0.29, 0.717) is 25.3 Å². The summed E-state index contributed by atoms with van der Waals surface area (Å²) in [5.74, 6) is -1.40. The second-order valence-electron chi connectivity index (χ2n) is 6.85. The number of nitrogens with one attached hydrogen (secondary N) is 1. The van der Waals surface area contributed by atoms with Gasteiger partial charge in [-0.05, 0) is 24.2 Å². The molecule has 0 aromatic carbocycles. The molecule has 110 valence electrons. The van der Waals surface area contributed by atoms with Gasteiger partial charge in [0.1, 0.15) is 0 Å². The monoisotopic (exact) mass is 269 g/mol. The number of carbonyl (C=O) groups excluding carboxylic acids is 1. The van der Waals surface area contributed by atoms with Crippen LogP contribution < -0.4 is 5.32 Å². The molecule has 0 saturated heterocycles. The van der Waals surface area contributed by atoms with Gasteiger partial charge in [-0.1, -0.05) is 40.5 Å². The van der Waals surface area contributed by atoms with Crippen molar-refractivity contribution < 1.29 is 14.7 Å². The molecule has 4 heteroatoms. The van der Waals surface area contributed by atoms with Crippen LogP contribution in [0.2, 0.25) is 0 Å². The van der Waals surface area contributed by atoms with E-state index in [1.54, 1.807) is 0 Å². The predicted octanol–water partition coefficient (Wildman–Crippen LogP) is 2.68. The normalized spacial score (nSPS) is 25.7. The van der Waals surface area contributed by atoms with E-state index in [-0.39, 0.29) is 17.2 Å². The maximum absolute atomic E-state index is 12.2. The summed E-state index contributed by atoms with van der Waals surface area (Å²) in [7, 11) is 0. The Labute approximate surface area is 116 Å². The lowest BCUT2D eigenvalue weighted by Crippen LogP contribution is -2.42. The highest BCUT2D eigenvalue weighted by molar-refractivity contribution is 5.84. The van der Waals surface area contributed by atoms with E-state index in [0.717, 1.165) is 12.8 Å². The standard InChI is InChI=1S/C15H27NO3/c1-10(15(2,3)4)9-16-13(17)11-7-5-6-8-12(11)14(18)19/h10-12H,5-9H2,1-4H3,(H,16,17)(H,18,19)/t10?,11-,12+/m1/s1. The number of aliphatic carboxylic acids is 1. The van der Waals surface area contributed by atoms with Crippen LogP contribution in [-0.4, -0.2) is 23.5 Å². The Kier molecular flexibility index (Phi) is 5.39. The number of hydrogen-bond donors (Lipinski definition) is 2. The molecule has 0 bridgehead atoms. The molecule has 4 nitrogen and oxygen atoms in total. The molecule has 0 aliphatic heterocycles. The first-order chi connectivity index (χ1) is 8.73. The highest BCUT2D eigenvalue weighted by Crippen LogP contribution is 2.31. The molecule has 19 heavy (non-hydrogen) atoms. The van der Waals surface area contributed by atoms with E-state index in [2.05, 4.69) is 33.0 Å². The molecule has 1 rings (SSSR count). The molecule has 1 unspecified atom stereocenters. The smallest absolute Gasteiger partial charge is 0.307 e. The van der Waals surface area contributed by atoms with Crippen molar-refractivity contribution >= 4 is 11.9 Å². The number of rotatable bonds is 4. The Morgan fingerprint density at radius 3 is 2.21 bits per heavy atom. The summed E-state index contributed by atoms with van der Waals surface area (Å²) >= 11 is 0. The summed E-state index contributed by atoms with van der Waals surface area (Å²) in [6.07, 6.45) is 3.20. The SMILES string of the molecule is CC(CNC(=O)[C@@H]1CCCC[C@@H]1C(=O)O)C(C)(C)C. The quantitative estimate of drug-likeness (QED) is 0.824. The second-order valence-corrected chi connectivity index (χ2v) is 6.85. The third kappa shape index (κ3) is 4.51. The van der Waals surface area contributed by atoms with Crippen molar-refractivity contribution in [2.75, 3.05) is 6.54 Å². The first-order valence-electron chi connectivity index (χ1n) is 7.24. The largest absolute Gasteiger partial charge is 0.481 e. The van der Waals surface area contributed by atoms with Crippen LogP contribution in [0, 0.1) is 23.2 Å². The molecule has 1 saturated carbocycles. The summed E-state index contributed by atoms with van der Waals surface area (Å²) in [5, 5.41) is 12.1. The molecule has 3 atom stereocenters. The van der Waals surface area contributed by atoms with Crippen LogP contribution in [-0.2, 0) is 9.59 Å². The summed E-state index contributed by atoms with van der Waals surface area (Å²) in [4.78, 5) is 23.4. The van der Waals surface area contributed by atoms with E-state index in [9.17, 15) is 14.7 Å². The Hall–Kier alpha value is -1.06. The van der Waals surface area contributed by atoms with Gasteiger partial charge in [-0.3, -0.25) is 9.59 Å². The second kappa shape index (κ2) is 6.40. The van der Waals surface area contributed by atoms with E-state index in [1.807, 2.05) is 0 Å². The van der Waals surface area contributed by atoms with Gasteiger partial charge >= 0.3 is 5.97 Å². The van der Waals surface area contributed by atoms with Crippen molar-refractivity contribution in [1.29, 1.82) is 0 Å². The Morgan fingerprint density at radius 2 is 1.74 bits per heavy atom. The molecular weight excluding hydrogens is 242 g/mol. The summed E-state index contributed by atoms with van der Waals surface area (Å²) in [5.41, 5.74) is 0.145. The van der Waals surface area contributed by atoms with Gasteiger partial charge in [0.25, 0.3) is 0 Å². The first-order valence-corrected chi connectivity index (χ1v) is 7.24.